The van der Waals surface area contributed by atoms with E-state index >= 15 is 0 Å². The van der Waals surface area contributed by atoms with Crippen molar-refractivity contribution < 1.29 is 0 Å². The lowest BCUT2D eigenvalue weighted by molar-refractivity contribution is 0.469. The van der Waals surface area contributed by atoms with E-state index in [2.05, 4.69) is 42.6 Å². The average Bonchev–Trinajstić information content (AvgIpc) is 2.67. The van der Waals surface area contributed by atoms with Crippen molar-refractivity contribution in [1.29, 1.82) is 0 Å². The van der Waals surface area contributed by atoms with E-state index in [0.29, 0.717) is 17.2 Å². The summed E-state index contributed by atoms with van der Waals surface area (Å²) in [5, 5.41) is 0. The quantitative estimate of drug-likeness (QED) is 0.904. The first-order chi connectivity index (χ1) is 8.58. The lowest BCUT2D eigenvalue weighted by Crippen LogP contribution is -2.21. The highest BCUT2D eigenvalue weighted by Crippen LogP contribution is 2.19. The van der Waals surface area contributed by atoms with Gasteiger partial charge >= 0.3 is 5.69 Å². The molecule has 2 aromatic heterocycles. The predicted octanol–water partition coefficient (Wildman–Crippen LogP) is 2.60. The van der Waals surface area contributed by atoms with E-state index in [4.69, 9.17) is 0 Å². The standard InChI is InChI=1S/C13H20N4O/c1-5-9(6-2)17-12-11(16-13(17)18)15-10(7-14-12)8(3)4/h7-9H,5-6H2,1-4H3,(H,15,16,18). The third-order valence-electron chi connectivity index (χ3n) is 3.34. The third-order valence-corrected chi connectivity index (χ3v) is 3.34. The Kier molecular flexibility index (Phi) is 3.50. The van der Waals surface area contributed by atoms with E-state index in [9.17, 15) is 4.79 Å². The van der Waals surface area contributed by atoms with E-state index in [0.717, 1.165) is 18.5 Å². The smallest absolute Gasteiger partial charge is 0.289 e. The topological polar surface area (TPSA) is 63.6 Å². The molecule has 5 heteroatoms. The average molecular weight is 248 g/mol. The molecule has 0 spiro atoms. The molecule has 1 N–H and O–H groups in total. The molecule has 0 unspecified atom stereocenters. The molecular formula is C13H20N4O. The van der Waals surface area contributed by atoms with Crippen molar-refractivity contribution in [1.82, 2.24) is 19.5 Å². The van der Waals surface area contributed by atoms with Crippen LogP contribution < -0.4 is 5.69 Å². The Bertz CT molecular complexity index is 593. The summed E-state index contributed by atoms with van der Waals surface area (Å²) >= 11 is 0. The zero-order valence-electron chi connectivity index (χ0n) is 11.4. The highest BCUT2D eigenvalue weighted by molar-refractivity contribution is 5.65. The maximum atomic E-state index is 12.0. The van der Waals surface area contributed by atoms with E-state index in [1.807, 2.05) is 0 Å². The van der Waals surface area contributed by atoms with Gasteiger partial charge in [0.05, 0.1) is 11.9 Å². The van der Waals surface area contributed by atoms with Gasteiger partial charge in [-0.2, -0.15) is 0 Å². The van der Waals surface area contributed by atoms with E-state index in [-0.39, 0.29) is 11.7 Å². The van der Waals surface area contributed by atoms with Gasteiger partial charge in [-0.05, 0) is 18.8 Å². The number of nitrogens with one attached hydrogen (secondary N) is 1. The minimum atomic E-state index is -0.111. The van der Waals surface area contributed by atoms with Crippen molar-refractivity contribution in [2.45, 2.75) is 52.5 Å². The molecule has 0 amide bonds. The second kappa shape index (κ2) is 4.92. The van der Waals surface area contributed by atoms with Crippen LogP contribution in [0.15, 0.2) is 11.0 Å². The van der Waals surface area contributed by atoms with Crippen molar-refractivity contribution in [2.24, 2.45) is 0 Å². The first-order valence-corrected chi connectivity index (χ1v) is 6.55. The van der Waals surface area contributed by atoms with Crippen molar-refractivity contribution in [3.8, 4) is 0 Å². The van der Waals surface area contributed by atoms with Gasteiger partial charge < -0.3 is 0 Å². The van der Waals surface area contributed by atoms with Crippen LogP contribution in [0.4, 0.5) is 0 Å². The fraction of sp³-hybridized carbons (Fsp3) is 0.615. The van der Waals surface area contributed by atoms with Crippen molar-refractivity contribution in [3.63, 3.8) is 0 Å². The summed E-state index contributed by atoms with van der Waals surface area (Å²) in [6, 6.07) is 0.186. The fourth-order valence-electron chi connectivity index (χ4n) is 2.18. The minimum Gasteiger partial charge on any atom is -0.289 e. The first kappa shape index (κ1) is 12.8. The second-order valence-corrected chi connectivity index (χ2v) is 4.89. The van der Waals surface area contributed by atoms with E-state index in [1.54, 1.807) is 10.8 Å². The summed E-state index contributed by atoms with van der Waals surface area (Å²) in [7, 11) is 0. The molecule has 0 saturated carbocycles. The van der Waals surface area contributed by atoms with Crippen molar-refractivity contribution >= 4 is 11.3 Å². The second-order valence-electron chi connectivity index (χ2n) is 4.89. The van der Waals surface area contributed by atoms with Crippen LogP contribution in [0.1, 0.15) is 58.2 Å². The molecule has 2 heterocycles. The van der Waals surface area contributed by atoms with Crippen LogP contribution in [0.3, 0.4) is 0 Å². The van der Waals surface area contributed by atoms with E-state index < -0.39 is 0 Å². The van der Waals surface area contributed by atoms with Crippen molar-refractivity contribution in [2.75, 3.05) is 0 Å². The fourth-order valence-corrected chi connectivity index (χ4v) is 2.18. The Balaban J connectivity index is 2.62. The number of imidazole rings is 1. The Morgan fingerprint density at radius 1 is 1.33 bits per heavy atom. The lowest BCUT2D eigenvalue weighted by atomic mass is 10.1. The molecule has 0 aliphatic rings. The Hall–Kier alpha value is -1.65. The van der Waals surface area contributed by atoms with Gasteiger partial charge in [-0.3, -0.25) is 9.55 Å². The highest BCUT2D eigenvalue weighted by atomic mass is 16.1. The number of fused-ring (bicyclic) bond motifs is 1. The molecule has 0 aromatic carbocycles. The Morgan fingerprint density at radius 2 is 2.00 bits per heavy atom. The van der Waals surface area contributed by atoms with Gasteiger partial charge in [0.2, 0.25) is 0 Å². The van der Waals surface area contributed by atoms with Gasteiger partial charge in [0.25, 0.3) is 0 Å². The summed E-state index contributed by atoms with van der Waals surface area (Å²) in [4.78, 5) is 23.7. The number of H-pyrrole nitrogens is 1. The number of aromatic amines is 1. The molecule has 18 heavy (non-hydrogen) atoms. The monoisotopic (exact) mass is 248 g/mol. The number of rotatable bonds is 4. The molecule has 2 aromatic rings. The van der Waals surface area contributed by atoms with Gasteiger partial charge in [0.15, 0.2) is 11.3 Å². The van der Waals surface area contributed by atoms with Gasteiger partial charge in [-0.1, -0.05) is 27.7 Å². The van der Waals surface area contributed by atoms with Crippen molar-refractivity contribution in [3.05, 3.63) is 22.4 Å². The van der Waals surface area contributed by atoms with Crippen LogP contribution in [-0.2, 0) is 0 Å². The van der Waals surface area contributed by atoms with Crippen LogP contribution in [-0.4, -0.2) is 19.5 Å². The SMILES string of the molecule is CCC(CC)n1c(=O)[nH]c2nc(C(C)C)cnc21. The molecule has 0 fully saturated rings. The molecule has 0 radical (unpaired) electrons. The molecule has 5 nitrogen and oxygen atoms in total. The zero-order valence-corrected chi connectivity index (χ0v) is 11.4. The maximum Gasteiger partial charge on any atom is 0.329 e. The molecule has 0 aliphatic carbocycles. The Labute approximate surface area is 106 Å². The molecule has 98 valence electrons. The van der Waals surface area contributed by atoms with Gasteiger partial charge in [-0.25, -0.2) is 14.8 Å². The number of hydrogen-bond donors (Lipinski definition) is 1. The van der Waals surface area contributed by atoms with Gasteiger partial charge in [0, 0.05) is 6.04 Å². The lowest BCUT2D eigenvalue weighted by Gasteiger charge is -2.13. The predicted molar refractivity (Wildman–Crippen MR) is 71.9 cm³/mol. The summed E-state index contributed by atoms with van der Waals surface area (Å²) < 4.78 is 1.73. The Morgan fingerprint density at radius 3 is 2.56 bits per heavy atom. The number of hydrogen-bond acceptors (Lipinski definition) is 3. The maximum absolute atomic E-state index is 12.0. The van der Waals surface area contributed by atoms with Gasteiger partial charge in [-0.15, -0.1) is 0 Å². The molecule has 0 saturated heterocycles. The molecular weight excluding hydrogens is 228 g/mol. The molecule has 2 rings (SSSR count). The van der Waals surface area contributed by atoms with Crippen LogP contribution in [0.25, 0.3) is 11.3 Å². The van der Waals surface area contributed by atoms with Crippen LogP contribution >= 0.6 is 0 Å². The number of aromatic nitrogens is 4. The minimum absolute atomic E-state index is 0.111. The van der Waals surface area contributed by atoms with E-state index in [1.165, 1.54) is 0 Å². The zero-order chi connectivity index (χ0) is 13.3. The summed E-state index contributed by atoms with van der Waals surface area (Å²) in [5.74, 6) is 0.307. The molecule has 0 atom stereocenters. The highest BCUT2D eigenvalue weighted by Gasteiger charge is 2.16. The van der Waals surface area contributed by atoms with Gasteiger partial charge in [0.1, 0.15) is 0 Å². The van der Waals surface area contributed by atoms with Crippen LogP contribution in [0, 0.1) is 0 Å². The van der Waals surface area contributed by atoms with Crippen LogP contribution in [0.5, 0.6) is 0 Å². The summed E-state index contributed by atoms with van der Waals surface area (Å²) in [6.45, 7) is 8.28. The third kappa shape index (κ3) is 2.05. The molecule has 0 bridgehead atoms. The number of nitrogens with zero attached hydrogens (tertiary/aromatic N) is 3. The summed E-state index contributed by atoms with van der Waals surface area (Å²) in [6.07, 6.45) is 3.59. The largest absolute Gasteiger partial charge is 0.329 e. The summed E-state index contributed by atoms with van der Waals surface area (Å²) in [5.41, 5.74) is 2.05. The first-order valence-electron chi connectivity index (χ1n) is 6.55. The normalized spacial score (nSPS) is 11.9. The molecule has 0 aliphatic heterocycles. The van der Waals surface area contributed by atoms with Crippen LogP contribution in [0.2, 0.25) is 0 Å².